The summed E-state index contributed by atoms with van der Waals surface area (Å²) in [5.41, 5.74) is 0. The lowest BCUT2D eigenvalue weighted by atomic mass is 11.4. The molecular formula is CH2N4O4S. The maximum atomic E-state index is 10.0. The van der Waals surface area contributed by atoms with Gasteiger partial charge in [0.15, 0.2) is 5.03 Å². The maximum absolute atomic E-state index is 10.0. The Bertz CT molecular complexity index is 272. The topological polar surface area (TPSA) is 130 Å². The van der Waals surface area contributed by atoms with Crippen LogP contribution in [-0.2, 0) is 10.2 Å². The van der Waals surface area contributed by atoms with Gasteiger partial charge in [-0.1, -0.05) is 0 Å². The van der Waals surface area contributed by atoms with Crippen LogP contribution in [-0.4, -0.2) is 17.9 Å². The smallest absolute Gasteiger partial charge is 0.233 e. The van der Waals surface area contributed by atoms with Gasteiger partial charge in [0.05, 0.1) is 0 Å². The van der Waals surface area contributed by atoms with Crippen LogP contribution in [0.2, 0.25) is 0 Å². The second kappa shape index (κ2) is 2.46. The number of nitrogens with two attached hydrogens (primary N) is 1. The van der Waals surface area contributed by atoms with Crippen LogP contribution in [0.25, 0.3) is 0 Å². The first kappa shape index (κ1) is 8.60. The van der Waals surface area contributed by atoms with Gasteiger partial charge < -0.3 is 0 Å². The summed E-state index contributed by atoms with van der Waals surface area (Å²) >= 11 is 0. The van der Waals surface area contributed by atoms with Crippen molar-refractivity contribution in [3.8, 4) is 6.19 Å². The zero-order valence-corrected chi connectivity index (χ0v) is 5.28. The molecule has 0 aromatic rings. The van der Waals surface area contributed by atoms with Crippen LogP contribution in [0, 0.1) is 21.6 Å². The zero-order valence-electron chi connectivity index (χ0n) is 4.46. The lowest BCUT2D eigenvalue weighted by Gasteiger charge is -1.97. The summed E-state index contributed by atoms with van der Waals surface area (Å²) in [5.74, 6) is 0. The van der Waals surface area contributed by atoms with Crippen LogP contribution in [0.3, 0.4) is 0 Å². The molecule has 10 heavy (non-hydrogen) atoms. The number of hydrazine groups is 1. The van der Waals surface area contributed by atoms with E-state index in [2.05, 4.69) is 5.14 Å². The van der Waals surface area contributed by atoms with Crippen molar-refractivity contribution in [3.63, 3.8) is 0 Å². The Morgan fingerprint density at radius 1 is 1.70 bits per heavy atom. The summed E-state index contributed by atoms with van der Waals surface area (Å²) < 4.78 is 19.3. The van der Waals surface area contributed by atoms with E-state index >= 15 is 0 Å². The fraction of sp³-hybridized carbons (Fsp3) is 0. The number of nitrogens with zero attached hydrogens (tertiary/aromatic N) is 3. The normalized spacial score (nSPS) is 10.0. The van der Waals surface area contributed by atoms with Gasteiger partial charge in [-0.3, -0.25) is 0 Å². The molecule has 56 valence electrons. The molecule has 0 spiro atoms. The van der Waals surface area contributed by atoms with Crippen LogP contribution in [0.15, 0.2) is 0 Å². The summed E-state index contributed by atoms with van der Waals surface area (Å²) in [5, 5.41) is 20.2. The van der Waals surface area contributed by atoms with Gasteiger partial charge in [0.1, 0.15) is 4.41 Å². The van der Waals surface area contributed by atoms with Crippen molar-refractivity contribution in [2.45, 2.75) is 0 Å². The minimum atomic E-state index is -4.54. The molecule has 0 saturated carbocycles. The van der Waals surface area contributed by atoms with E-state index in [1.807, 2.05) is 0 Å². The van der Waals surface area contributed by atoms with Crippen molar-refractivity contribution in [1.82, 2.24) is 4.41 Å². The number of rotatable bonds is 2. The van der Waals surface area contributed by atoms with Crippen LogP contribution >= 0.6 is 0 Å². The molecule has 0 saturated heterocycles. The van der Waals surface area contributed by atoms with Crippen molar-refractivity contribution < 1.29 is 13.5 Å². The second-order valence-corrected chi connectivity index (χ2v) is 2.50. The van der Waals surface area contributed by atoms with E-state index in [4.69, 9.17) is 5.26 Å². The lowest BCUT2D eigenvalue weighted by Crippen LogP contribution is -2.36. The molecular weight excluding hydrogens is 164 g/mol. The van der Waals surface area contributed by atoms with Crippen LogP contribution in [0.1, 0.15) is 0 Å². The third-order valence-electron chi connectivity index (χ3n) is 0.475. The SMILES string of the molecule is N#CN([N+](=O)[O-])S(N)(=O)=O. The van der Waals surface area contributed by atoms with Gasteiger partial charge >= 0.3 is 10.2 Å². The molecule has 0 rings (SSSR count). The van der Waals surface area contributed by atoms with Crippen molar-refractivity contribution in [2.24, 2.45) is 5.14 Å². The molecule has 0 radical (unpaired) electrons. The minimum Gasteiger partial charge on any atom is -0.233 e. The van der Waals surface area contributed by atoms with Crippen LogP contribution in [0.5, 0.6) is 0 Å². The fourth-order valence-electron chi connectivity index (χ4n) is 0.186. The van der Waals surface area contributed by atoms with E-state index in [0.717, 1.165) is 6.19 Å². The summed E-state index contributed by atoms with van der Waals surface area (Å²) in [6.45, 7) is 0. The fourth-order valence-corrected chi connectivity index (χ4v) is 0.486. The van der Waals surface area contributed by atoms with Gasteiger partial charge in [0.25, 0.3) is 6.19 Å². The van der Waals surface area contributed by atoms with Crippen molar-refractivity contribution >= 4 is 10.2 Å². The van der Waals surface area contributed by atoms with E-state index in [-0.39, 0.29) is 0 Å². The molecule has 0 heterocycles. The Kier molecular flexibility index (Phi) is 2.12. The van der Waals surface area contributed by atoms with Gasteiger partial charge in [-0.15, -0.1) is 0 Å². The number of hydrogen-bond donors (Lipinski definition) is 1. The summed E-state index contributed by atoms with van der Waals surface area (Å²) in [6.07, 6.45) is 0.763. The van der Waals surface area contributed by atoms with E-state index in [1.165, 1.54) is 0 Å². The molecule has 0 aliphatic heterocycles. The number of nitro groups is 1. The quantitative estimate of drug-likeness (QED) is 0.223. The summed E-state index contributed by atoms with van der Waals surface area (Å²) in [6, 6.07) is 0. The average molecular weight is 166 g/mol. The first-order valence-corrected chi connectivity index (χ1v) is 3.27. The number of nitriles is 1. The van der Waals surface area contributed by atoms with E-state index in [9.17, 15) is 18.5 Å². The summed E-state index contributed by atoms with van der Waals surface area (Å²) in [4.78, 5) is 9.63. The first-order valence-electron chi connectivity index (χ1n) is 1.76. The van der Waals surface area contributed by atoms with Gasteiger partial charge in [-0.05, 0) is 0 Å². The lowest BCUT2D eigenvalue weighted by molar-refractivity contribution is -0.601. The number of hydrogen-bond acceptors (Lipinski definition) is 5. The highest BCUT2D eigenvalue weighted by Crippen LogP contribution is 1.89. The third kappa shape index (κ3) is 1.84. The minimum absolute atomic E-state index is 0.743. The zero-order chi connectivity index (χ0) is 8.36. The predicted molar refractivity (Wildman–Crippen MR) is 27.6 cm³/mol. The molecule has 0 aromatic carbocycles. The first-order chi connectivity index (χ1) is 4.39. The molecule has 0 amide bonds. The maximum Gasteiger partial charge on any atom is 0.363 e. The monoisotopic (exact) mass is 166 g/mol. The largest absolute Gasteiger partial charge is 0.363 e. The Labute approximate surface area is 55.8 Å². The van der Waals surface area contributed by atoms with E-state index < -0.39 is 19.7 Å². The van der Waals surface area contributed by atoms with E-state index in [0.29, 0.717) is 0 Å². The van der Waals surface area contributed by atoms with Crippen molar-refractivity contribution in [3.05, 3.63) is 10.1 Å². The molecule has 0 unspecified atom stereocenters. The molecule has 0 bridgehead atoms. The predicted octanol–water partition coefficient (Wildman–Crippen LogP) is -1.84. The van der Waals surface area contributed by atoms with Gasteiger partial charge in [0.2, 0.25) is 0 Å². The molecule has 0 aliphatic carbocycles. The van der Waals surface area contributed by atoms with Crippen molar-refractivity contribution in [1.29, 1.82) is 5.26 Å². The highest BCUT2D eigenvalue weighted by Gasteiger charge is 2.26. The molecule has 9 heteroatoms. The van der Waals surface area contributed by atoms with Crippen LogP contribution in [0.4, 0.5) is 0 Å². The van der Waals surface area contributed by atoms with Crippen LogP contribution < -0.4 is 5.14 Å². The molecule has 0 atom stereocenters. The highest BCUT2D eigenvalue weighted by atomic mass is 32.2. The Balaban J connectivity index is 4.78. The molecule has 8 nitrogen and oxygen atoms in total. The highest BCUT2D eigenvalue weighted by molar-refractivity contribution is 7.86. The summed E-state index contributed by atoms with van der Waals surface area (Å²) in [7, 11) is -4.54. The second-order valence-electron chi connectivity index (χ2n) is 1.13. The van der Waals surface area contributed by atoms with Gasteiger partial charge in [-0.25, -0.2) is 15.3 Å². The van der Waals surface area contributed by atoms with Gasteiger partial charge in [-0.2, -0.15) is 13.7 Å². The molecule has 0 aliphatic rings. The molecule has 0 aromatic heterocycles. The van der Waals surface area contributed by atoms with E-state index in [1.54, 1.807) is 0 Å². The third-order valence-corrected chi connectivity index (χ3v) is 1.17. The standard InChI is InChI=1S/CH2N4O4S/c2-1-4(5(6)7)10(3,8)9/h(H2,3,8,9). The molecule has 0 fully saturated rings. The molecule has 2 N–H and O–H groups in total. The Hall–Kier alpha value is -1.40. The Morgan fingerprint density at radius 3 is 2.10 bits per heavy atom. The average Bonchev–Trinajstić information content (AvgIpc) is 1.60. The van der Waals surface area contributed by atoms with Gasteiger partial charge in [0, 0.05) is 0 Å². The Morgan fingerprint density at radius 2 is 2.10 bits per heavy atom. The van der Waals surface area contributed by atoms with Crippen molar-refractivity contribution in [2.75, 3.05) is 0 Å².